The summed E-state index contributed by atoms with van der Waals surface area (Å²) in [7, 11) is 5.95. The van der Waals surface area contributed by atoms with Crippen LogP contribution in [0.3, 0.4) is 0 Å². The minimum absolute atomic E-state index is 0.0115. The number of rotatable bonds is 19. The van der Waals surface area contributed by atoms with Crippen LogP contribution in [-0.4, -0.2) is 246 Å². The lowest BCUT2D eigenvalue weighted by Gasteiger charge is -2.32. The van der Waals surface area contributed by atoms with Gasteiger partial charge in [-0.3, -0.25) is 53.8 Å². The molecule has 4 N–H and O–H groups in total. The van der Waals surface area contributed by atoms with E-state index in [1.165, 1.54) is 57.7 Å². The second-order valence-corrected chi connectivity index (χ2v) is 36.9. The Bertz CT molecular complexity index is 5160. The van der Waals surface area contributed by atoms with Gasteiger partial charge < -0.3 is 92.8 Å². The number of nitro groups is 2. The molecule has 4 amide bonds. The van der Waals surface area contributed by atoms with Crippen molar-refractivity contribution in [3.05, 3.63) is 188 Å². The first-order valence-corrected chi connectivity index (χ1v) is 47.3. The van der Waals surface area contributed by atoms with Crippen LogP contribution >= 0.6 is 0 Å². The fraction of sp³-hybridized carbons (Fsp3) is 0.535. The third-order valence-electron chi connectivity index (χ3n) is 26.7. The van der Waals surface area contributed by atoms with Crippen LogP contribution in [0.15, 0.2) is 157 Å². The molecule has 0 radical (unpaired) electrons. The molecule has 0 aliphatic carbocycles. The fourth-order valence-electron chi connectivity index (χ4n) is 18.4. The molecule has 4 spiro atoms. The lowest BCUT2D eigenvalue weighted by Crippen LogP contribution is -2.38. The van der Waals surface area contributed by atoms with Gasteiger partial charge in [0.1, 0.15) is 23.1 Å². The summed E-state index contributed by atoms with van der Waals surface area (Å²) in [5, 5.41) is 27.5. The fourth-order valence-corrected chi connectivity index (χ4v) is 18.4. The third kappa shape index (κ3) is 34.1. The van der Waals surface area contributed by atoms with Gasteiger partial charge in [-0.25, -0.2) is 14.6 Å². The van der Waals surface area contributed by atoms with Crippen LogP contribution in [0, 0.1) is 47.3 Å². The van der Waals surface area contributed by atoms with E-state index in [9.17, 15) is 76.6 Å². The molecule has 0 saturated carbocycles. The number of hydrogen-bond donors (Lipinski definition) is 3. The number of carbonyl (C=O) groups is 9. The van der Waals surface area contributed by atoms with Gasteiger partial charge in [0.2, 0.25) is 36.1 Å². The summed E-state index contributed by atoms with van der Waals surface area (Å²) < 4.78 is 96.4. The summed E-state index contributed by atoms with van der Waals surface area (Å²) in [6, 6.07) is 36.1. The molecular formula is C101H128F3N11O25. The molecule has 39 heteroatoms. The largest absolute Gasteiger partial charge is 0.573 e. The molecule has 12 fully saturated rings. The minimum atomic E-state index is -4.76. The molecule has 758 valence electrons. The molecule has 12 aliphatic heterocycles. The second-order valence-electron chi connectivity index (χ2n) is 36.9. The molecule has 18 rings (SSSR count). The molecule has 1 aromatic heterocycles. The normalized spacial score (nSPS) is 19.6. The minimum Gasteiger partial charge on any atom is -0.469 e. The van der Waals surface area contributed by atoms with Crippen molar-refractivity contribution in [2.45, 2.75) is 154 Å². The molecule has 5 aromatic carbocycles. The van der Waals surface area contributed by atoms with E-state index >= 15 is 0 Å². The lowest BCUT2D eigenvalue weighted by molar-refractivity contribution is -0.499. The van der Waals surface area contributed by atoms with Crippen molar-refractivity contribution in [2.75, 3.05) is 197 Å². The van der Waals surface area contributed by atoms with E-state index in [1.807, 2.05) is 94.5 Å². The van der Waals surface area contributed by atoms with Gasteiger partial charge >= 0.3 is 24.3 Å². The summed E-state index contributed by atoms with van der Waals surface area (Å²) in [5.41, 5.74) is 14.0. The summed E-state index contributed by atoms with van der Waals surface area (Å²) >= 11 is 0. The Balaban J connectivity index is 0.000000168. The smallest absolute Gasteiger partial charge is 0.469 e. The van der Waals surface area contributed by atoms with Crippen molar-refractivity contribution in [1.82, 2.24) is 15.3 Å². The summed E-state index contributed by atoms with van der Waals surface area (Å²) in [4.78, 5) is 141. The SMILES string of the molecule is CN(c1ccc(CC(=O)Cc2ccc(OC(F)(F)F)cc2)cc1)c1ccnc(Nc2cccc(N3CC4(CCOCC4)CC3=O)c2)n1.COC(=O)C=C1CCOCC1.COC(=O)C=C1CCOCC1.COC(=O)CC1(C[N+](=O)[O-])CCOCC1.Nc1cccc(N2CC3(CCOCC3)CC2=O)c1.O=C1CC2(CCOCC2)CN1.O=C1CC2(CCOCC2)CN1c1cccc([N+](=O)[O-])c1.O=C1CCOCC1. The summed E-state index contributed by atoms with van der Waals surface area (Å²) in [6.45, 7) is 13.9. The number of nitrogens with zero attached hydrogens (tertiary/aromatic N) is 8. The van der Waals surface area contributed by atoms with Crippen LogP contribution in [0.25, 0.3) is 0 Å². The number of nitro benzene ring substituents is 1. The first-order valence-electron chi connectivity index (χ1n) is 47.3. The van der Waals surface area contributed by atoms with Crippen LogP contribution < -0.4 is 40.7 Å². The predicted molar refractivity (Wildman–Crippen MR) is 511 cm³/mol. The number of Topliss-reactive ketones (excluding diaryl/α,β-unsaturated/α-hetero) is 2. The summed E-state index contributed by atoms with van der Waals surface area (Å²) in [6.07, 6.45) is 16.2. The van der Waals surface area contributed by atoms with Crippen molar-refractivity contribution in [1.29, 1.82) is 0 Å². The van der Waals surface area contributed by atoms with E-state index in [0.29, 0.717) is 145 Å². The van der Waals surface area contributed by atoms with Gasteiger partial charge in [0, 0.05) is 242 Å². The molecule has 6 aromatic rings. The zero-order valence-corrected chi connectivity index (χ0v) is 80.0. The number of nitrogens with one attached hydrogen (secondary N) is 2. The number of benzene rings is 5. The van der Waals surface area contributed by atoms with E-state index in [1.54, 1.807) is 41.4 Å². The van der Waals surface area contributed by atoms with Crippen LogP contribution in [0.5, 0.6) is 5.75 Å². The van der Waals surface area contributed by atoms with Crippen molar-refractivity contribution in [3.8, 4) is 5.75 Å². The quantitative estimate of drug-likeness (QED) is 0.0169. The maximum absolute atomic E-state index is 13.0. The van der Waals surface area contributed by atoms with Crippen molar-refractivity contribution < 1.29 is 123 Å². The Morgan fingerprint density at radius 2 is 0.943 bits per heavy atom. The predicted octanol–water partition coefficient (Wildman–Crippen LogP) is 13.8. The highest BCUT2D eigenvalue weighted by molar-refractivity contribution is 5.98. The molecule has 12 saturated heterocycles. The van der Waals surface area contributed by atoms with Crippen molar-refractivity contribution in [2.24, 2.45) is 27.1 Å². The number of aromatic nitrogens is 2. The highest BCUT2D eigenvalue weighted by atomic mass is 19.4. The molecule has 0 bridgehead atoms. The van der Waals surface area contributed by atoms with Gasteiger partial charge in [0.15, 0.2) is 0 Å². The number of non-ortho nitro benzene ring substituents is 1. The van der Waals surface area contributed by atoms with E-state index in [0.717, 1.165) is 189 Å². The number of methoxy groups -OCH3 is 3. The van der Waals surface area contributed by atoms with Crippen LogP contribution in [0.2, 0.25) is 0 Å². The Labute approximate surface area is 811 Å². The van der Waals surface area contributed by atoms with Gasteiger partial charge in [-0.05, 0) is 174 Å². The number of anilines is 8. The van der Waals surface area contributed by atoms with Gasteiger partial charge in [0.05, 0.1) is 78.0 Å². The van der Waals surface area contributed by atoms with E-state index < -0.39 is 22.7 Å². The maximum atomic E-state index is 13.0. The number of carbonyl (C=O) groups excluding carboxylic acids is 9. The van der Waals surface area contributed by atoms with Crippen LogP contribution in [0.4, 0.5) is 64.7 Å². The zero-order chi connectivity index (χ0) is 100. The van der Waals surface area contributed by atoms with E-state index in [2.05, 4.69) is 39.5 Å². The Hall–Kier alpha value is -12.2. The van der Waals surface area contributed by atoms with Crippen molar-refractivity contribution >= 4 is 105 Å². The molecule has 140 heavy (non-hydrogen) atoms. The number of nitrogen functional groups attached to an aromatic ring is 1. The van der Waals surface area contributed by atoms with E-state index in [-0.39, 0.29) is 105 Å². The maximum Gasteiger partial charge on any atom is 0.573 e. The molecule has 13 heterocycles. The average Bonchev–Trinajstić information content (AvgIpc) is 1.64. The van der Waals surface area contributed by atoms with Gasteiger partial charge in [-0.15, -0.1) is 13.2 Å². The van der Waals surface area contributed by atoms with Crippen LogP contribution in [-0.2, 0) is 108 Å². The second kappa shape index (κ2) is 52.9. The number of ketones is 2. The first kappa shape index (κ1) is 108. The number of amides is 4. The number of halogens is 3. The molecule has 12 aliphatic rings. The molecule has 0 unspecified atom stereocenters. The number of alkyl halides is 3. The molecule has 0 atom stereocenters. The van der Waals surface area contributed by atoms with Gasteiger partial charge in [-0.2, -0.15) is 4.98 Å². The number of esters is 3. The molecule has 36 nitrogen and oxygen atoms in total. The number of nitrogens with two attached hydrogens (primary N) is 1. The van der Waals surface area contributed by atoms with Crippen molar-refractivity contribution in [3.63, 3.8) is 0 Å². The zero-order valence-electron chi connectivity index (χ0n) is 80.0. The van der Waals surface area contributed by atoms with E-state index in [4.69, 9.17) is 43.6 Å². The van der Waals surface area contributed by atoms with Gasteiger partial charge in [-0.1, -0.05) is 53.6 Å². The third-order valence-corrected chi connectivity index (χ3v) is 26.7. The standard InChI is InChI=1S/C35H34F3N5O4.C14H16N2O4.C14H18N2O2.C9H15NO5.C8H13NO2.2C8H12O3.C5H8O2/c1-42(27-9-5-24(6-10-27)19-29(44)20-25-7-11-30(12-8-25)47-35(36,37)38)31-13-16-39-33(41-31)40-26-3-2-4-28(21-26)43-23-34(22-32(43)45)14-17-46-18-15-34;17-13-9-14(4-6-20-7-5-14)10-15(13)11-2-1-3-12(8-11)16(18)19;15-11-2-1-3-12(8-11)16-10-14(9-13(16)17)4-6-18-7-5-14;1-14-8(11)6-9(7-10(12)13)2-4-15-5-3-9;10-7-5-8(6-9-7)1-3-11-4-2-8;2*1-10-8(9)6-7-2-4-11-5-3-7;6-5-1-3-7-4-2-5/h2-13,16,21H,14-15,17-20,22-23H2,1H3,(H,39,40,41);1-3,8H,4-7,9-10H2;1-3,8H,4-7,9-10,15H2;2-7H2,1H3;1-6H2,(H,9,10);2*6H,2-5H2,1H3;1-4H2. The Morgan fingerprint density at radius 1 is 0.521 bits per heavy atom. The van der Waals surface area contributed by atoms with Gasteiger partial charge in [0.25, 0.3) is 5.69 Å². The average molecular weight is 1950 g/mol. The Morgan fingerprint density at radius 3 is 1.36 bits per heavy atom. The summed E-state index contributed by atoms with van der Waals surface area (Å²) in [5.74, 6) is 0.691. The topological polar surface area (TPSA) is 439 Å². The van der Waals surface area contributed by atoms with Crippen LogP contribution in [0.1, 0.15) is 146 Å². The monoisotopic (exact) mass is 1950 g/mol. The highest BCUT2D eigenvalue weighted by Gasteiger charge is 2.48. The lowest BCUT2D eigenvalue weighted by atomic mass is 9.77. The Kier molecular flexibility index (Phi) is 40.8. The first-order chi connectivity index (χ1) is 67.3. The highest BCUT2D eigenvalue weighted by Crippen LogP contribution is 2.47. The number of ether oxygens (including phenoxy) is 12. The number of hydrogen-bond acceptors (Lipinski definition) is 30. The molecular weight excluding hydrogens is 1820 g/mol.